The molecule has 0 aliphatic heterocycles. The average Bonchev–Trinajstić information content (AvgIpc) is 2.32. The van der Waals surface area contributed by atoms with Gasteiger partial charge in [-0.1, -0.05) is 6.07 Å². The van der Waals surface area contributed by atoms with E-state index in [-0.39, 0.29) is 24.3 Å². The minimum absolute atomic E-state index is 0.0502. The highest BCUT2D eigenvalue weighted by atomic mass is 19.1. The minimum Gasteiger partial charge on any atom is -0.466 e. The van der Waals surface area contributed by atoms with Gasteiger partial charge < -0.3 is 20.7 Å². The molecule has 1 aromatic carbocycles. The van der Waals surface area contributed by atoms with Crippen LogP contribution in [0.3, 0.4) is 0 Å². The summed E-state index contributed by atoms with van der Waals surface area (Å²) in [4.78, 5) is 11.1. The number of rotatable bonds is 5. The molecule has 0 spiro atoms. The fraction of sp³-hybridized carbons (Fsp3) is 0.417. The van der Waals surface area contributed by atoms with Crippen LogP contribution in [0.2, 0.25) is 0 Å². The molecule has 0 radical (unpaired) electrons. The highest BCUT2D eigenvalue weighted by Crippen LogP contribution is 2.22. The maximum absolute atomic E-state index is 13.2. The van der Waals surface area contributed by atoms with Crippen molar-refractivity contribution in [3.8, 4) is 0 Å². The lowest BCUT2D eigenvalue weighted by molar-refractivity contribution is -0.147. The molecule has 100 valence electrons. The summed E-state index contributed by atoms with van der Waals surface area (Å²) in [5.41, 5.74) is 5.39. The molecule has 0 aliphatic rings. The van der Waals surface area contributed by atoms with Gasteiger partial charge in [0.15, 0.2) is 0 Å². The predicted molar refractivity (Wildman–Crippen MR) is 63.0 cm³/mol. The van der Waals surface area contributed by atoms with Crippen LogP contribution in [0.25, 0.3) is 0 Å². The molecule has 0 fully saturated rings. The van der Waals surface area contributed by atoms with Crippen LogP contribution < -0.4 is 5.73 Å². The quantitative estimate of drug-likeness (QED) is 0.535. The van der Waals surface area contributed by atoms with Crippen LogP contribution in [-0.2, 0) is 9.53 Å². The Morgan fingerprint density at radius 1 is 1.50 bits per heavy atom. The lowest BCUT2D eigenvalue weighted by Gasteiger charge is -2.17. The zero-order valence-corrected chi connectivity index (χ0v) is 9.97. The molecule has 2 unspecified atom stereocenters. The summed E-state index contributed by atoms with van der Waals surface area (Å²) in [5.74, 6) is -1.31. The number of nitrogen functional groups attached to an aromatic ring is 1. The van der Waals surface area contributed by atoms with E-state index in [1.54, 1.807) is 6.92 Å². The van der Waals surface area contributed by atoms with Crippen molar-refractivity contribution in [2.75, 3.05) is 12.3 Å². The van der Waals surface area contributed by atoms with Crippen molar-refractivity contribution in [1.82, 2.24) is 0 Å². The number of benzene rings is 1. The molecule has 2 atom stereocenters. The molecule has 1 rings (SSSR count). The molecule has 18 heavy (non-hydrogen) atoms. The number of aliphatic hydroxyl groups excluding tert-OH is 2. The Labute approximate surface area is 104 Å². The number of carbonyl (C=O) groups excluding carboxylic acids is 1. The molecule has 6 heteroatoms. The van der Waals surface area contributed by atoms with Crippen LogP contribution in [-0.4, -0.2) is 28.9 Å². The van der Waals surface area contributed by atoms with E-state index >= 15 is 0 Å². The Balaban J connectivity index is 2.70. The Kier molecular flexibility index (Phi) is 5.06. The van der Waals surface area contributed by atoms with E-state index < -0.39 is 24.0 Å². The van der Waals surface area contributed by atoms with Gasteiger partial charge in [0.2, 0.25) is 0 Å². The van der Waals surface area contributed by atoms with Crippen LogP contribution in [0.15, 0.2) is 18.2 Å². The number of hydrogen-bond acceptors (Lipinski definition) is 5. The summed E-state index contributed by atoms with van der Waals surface area (Å²) in [6, 6.07) is 3.69. The average molecular weight is 257 g/mol. The van der Waals surface area contributed by atoms with Crippen LogP contribution >= 0.6 is 0 Å². The third-order valence-electron chi connectivity index (χ3n) is 2.41. The summed E-state index contributed by atoms with van der Waals surface area (Å²) >= 11 is 0. The SMILES string of the molecule is CCOC(=O)CC(O)C(O)c1ccc(N)c(F)c1. The summed E-state index contributed by atoms with van der Waals surface area (Å²) in [6.07, 6.45) is -3.09. The smallest absolute Gasteiger partial charge is 0.308 e. The van der Waals surface area contributed by atoms with Crippen molar-refractivity contribution in [2.24, 2.45) is 0 Å². The standard InChI is InChI=1S/C12H16FNO4/c1-2-18-11(16)6-10(15)12(17)7-3-4-9(14)8(13)5-7/h3-5,10,12,15,17H,2,6,14H2,1H3. The van der Waals surface area contributed by atoms with Gasteiger partial charge in [-0.15, -0.1) is 0 Å². The first-order chi connectivity index (χ1) is 8.45. The zero-order valence-electron chi connectivity index (χ0n) is 9.97. The highest BCUT2D eigenvalue weighted by Gasteiger charge is 2.22. The van der Waals surface area contributed by atoms with Crippen molar-refractivity contribution in [2.45, 2.75) is 25.6 Å². The van der Waals surface area contributed by atoms with Crippen molar-refractivity contribution in [3.05, 3.63) is 29.6 Å². The van der Waals surface area contributed by atoms with Crippen LogP contribution in [0, 0.1) is 5.82 Å². The van der Waals surface area contributed by atoms with Gasteiger partial charge in [-0.05, 0) is 24.6 Å². The lowest BCUT2D eigenvalue weighted by atomic mass is 10.0. The summed E-state index contributed by atoms with van der Waals surface area (Å²) in [5, 5.41) is 19.4. The zero-order chi connectivity index (χ0) is 13.7. The van der Waals surface area contributed by atoms with E-state index in [1.165, 1.54) is 12.1 Å². The Morgan fingerprint density at radius 3 is 2.72 bits per heavy atom. The van der Waals surface area contributed by atoms with Crippen LogP contribution in [0.1, 0.15) is 25.0 Å². The van der Waals surface area contributed by atoms with Gasteiger partial charge in [0.05, 0.1) is 24.8 Å². The molecule has 0 saturated heterocycles. The molecule has 0 amide bonds. The Hall–Kier alpha value is -1.66. The Bertz CT molecular complexity index is 425. The molecule has 4 N–H and O–H groups in total. The molecule has 0 bridgehead atoms. The van der Waals surface area contributed by atoms with E-state index in [2.05, 4.69) is 4.74 Å². The van der Waals surface area contributed by atoms with Gasteiger partial charge in [-0.2, -0.15) is 0 Å². The first kappa shape index (κ1) is 14.4. The van der Waals surface area contributed by atoms with E-state index in [1.807, 2.05) is 0 Å². The van der Waals surface area contributed by atoms with Crippen molar-refractivity contribution >= 4 is 11.7 Å². The Morgan fingerprint density at radius 2 is 2.17 bits per heavy atom. The van der Waals surface area contributed by atoms with Crippen molar-refractivity contribution < 1.29 is 24.1 Å². The van der Waals surface area contributed by atoms with E-state index in [9.17, 15) is 19.4 Å². The number of aliphatic hydroxyl groups is 2. The second-order valence-corrected chi connectivity index (χ2v) is 3.80. The largest absolute Gasteiger partial charge is 0.466 e. The third-order valence-corrected chi connectivity index (χ3v) is 2.41. The van der Waals surface area contributed by atoms with Gasteiger partial charge in [-0.25, -0.2) is 4.39 Å². The summed E-state index contributed by atoms with van der Waals surface area (Å²) < 4.78 is 17.8. The topological polar surface area (TPSA) is 92.8 Å². The van der Waals surface area contributed by atoms with Crippen molar-refractivity contribution in [1.29, 1.82) is 0 Å². The van der Waals surface area contributed by atoms with Gasteiger partial charge in [0, 0.05) is 0 Å². The molecule has 5 nitrogen and oxygen atoms in total. The predicted octanol–water partition coefficient (Wildman–Crippen LogP) is 0.755. The van der Waals surface area contributed by atoms with E-state index in [4.69, 9.17) is 5.73 Å². The monoisotopic (exact) mass is 257 g/mol. The van der Waals surface area contributed by atoms with Gasteiger partial charge in [-0.3, -0.25) is 4.79 Å². The van der Waals surface area contributed by atoms with E-state index in [0.29, 0.717) is 0 Å². The maximum atomic E-state index is 13.2. The first-order valence-corrected chi connectivity index (χ1v) is 5.52. The molecule has 1 aromatic rings. The van der Waals surface area contributed by atoms with Gasteiger partial charge >= 0.3 is 5.97 Å². The summed E-state index contributed by atoms with van der Waals surface area (Å²) in [7, 11) is 0. The molecule has 0 aromatic heterocycles. The second kappa shape index (κ2) is 6.32. The number of hydrogen-bond donors (Lipinski definition) is 3. The number of nitrogens with two attached hydrogens (primary N) is 1. The maximum Gasteiger partial charge on any atom is 0.308 e. The molecular formula is C12H16FNO4. The normalized spacial score (nSPS) is 14.0. The van der Waals surface area contributed by atoms with Crippen LogP contribution in [0.4, 0.5) is 10.1 Å². The molecule has 0 saturated carbocycles. The van der Waals surface area contributed by atoms with Gasteiger partial charge in [0.25, 0.3) is 0 Å². The molecule has 0 heterocycles. The number of ether oxygens (including phenoxy) is 1. The second-order valence-electron chi connectivity index (χ2n) is 3.80. The van der Waals surface area contributed by atoms with Crippen LogP contribution in [0.5, 0.6) is 0 Å². The number of esters is 1. The number of anilines is 1. The number of halogens is 1. The van der Waals surface area contributed by atoms with Crippen molar-refractivity contribution in [3.63, 3.8) is 0 Å². The highest BCUT2D eigenvalue weighted by molar-refractivity contribution is 5.70. The fourth-order valence-corrected chi connectivity index (χ4v) is 1.45. The summed E-state index contributed by atoms with van der Waals surface area (Å²) in [6.45, 7) is 1.83. The number of carbonyl (C=O) groups is 1. The van der Waals surface area contributed by atoms with Gasteiger partial charge in [0.1, 0.15) is 11.9 Å². The minimum atomic E-state index is -1.37. The lowest BCUT2D eigenvalue weighted by Crippen LogP contribution is -2.23. The molecule has 0 aliphatic carbocycles. The first-order valence-electron chi connectivity index (χ1n) is 5.52. The fourth-order valence-electron chi connectivity index (χ4n) is 1.45. The third kappa shape index (κ3) is 3.68. The van der Waals surface area contributed by atoms with E-state index in [0.717, 1.165) is 6.07 Å². The molecular weight excluding hydrogens is 241 g/mol.